The van der Waals surface area contributed by atoms with E-state index >= 15 is 0 Å². The van der Waals surface area contributed by atoms with Crippen molar-refractivity contribution in [1.29, 1.82) is 0 Å². The summed E-state index contributed by atoms with van der Waals surface area (Å²) in [5, 5.41) is 0. The van der Waals surface area contributed by atoms with Crippen LogP contribution in [0.1, 0.15) is 12.8 Å². The molecular formula is C10H18N2O4S. The number of cyclic esters (lactones) is 1. The highest BCUT2D eigenvalue weighted by molar-refractivity contribution is 7.91. The molecule has 2 saturated heterocycles. The lowest BCUT2D eigenvalue weighted by Crippen LogP contribution is -2.49. The lowest BCUT2D eigenvalue weighted by Gasteiger charge is -2.35. The van der Waals surface area contributed by atoms with Gasteiger partial charge in [0, 0.05) is 18.5 Å². The predicted octanol–water partition coefficient (Wildman–Crippen LogP) is -0.409. The molecule has 0 aromatic carbocycles. The molecule has 0 bridgehead atoms. The standard InChI is InChI=1S/C10H18N2O4S/c11-3-1-8-5-12(10(13)16-6-8)9-2-4-17(14,15)7-9/h8-9H,1-7,11H2. The van der Waals surface area contributed by atoms with Crippen molar-refractivity contribution in [3.05, 3.63) is 0 Å². The van der Waals surface area contributed by atoms with E-state index in [1.165, 1.54) is 0 Å². The summed E-state index contributed by atoms with van der Waals surface area (Å²) in [6, 6.07) is -0.215. The van der Waals surface area contributed by atoms with Crippen LogP contribution in [0, 0.1) is 5.92 Å². The number of nitrogens with zero attached hydrogens (tertiary/aromatic N) is 1. The SMILES string of the molecule is NCCC1COC(=O)N(C2CCS(=O)(=O)C2)C1. The van der Waals surface area contributed by atoms with Gasteiger partial charge in [-0.2, -0.15) is 0 Å². The van der Waals surface area contributed by atoms with E-state index in [1.807, 2.05) is 0 Å². The van der Waals surface area contributed by atoms with Crippen molar-refractivity contribution in [2.45, 2.75) is 18.9 Å². The largest absolute Gasteiger partial charge is 0.449 e. The van der Waals surface area contributed by atoms with Crippen molar-refractivity contribution in [1.82, 2.24) is 4.90 Å². The first-order chi connectivity index (χ1) is 8.02. The van der Waals surface area contributed by atoms with Gasteiger partial charge in [-0.05, 0) is 19.4 Å². The van der Waals surface area contributed by atoms with E-state index in [9.17, 15) is 13.2 Å². The van der Waals surface area contributed by atoms with Gasteiger partial charge in [0.2, 0.25) is 0 Å². The molecule has 2 heterocycles. The van der Waals surface area contributed by atoms with Gasteiger partial charge in [0.25, 0.3) is 0 Å². The van der Waals surface area contributed by atoms with Crippen LogP contribution in [0.15, 0.2) is 0 Å². The Bertz CT molecular complexity index is 395. The first kappa shape index (κ1) is 12.6. The molecular weight excluding hydrogens is 244 g/mol. The van der Waals surface area contributed by atoms with Crippen molar-refractivity contribution in [3.63, 3.8) is 0 Å². The van der Waals surface area contributed by atoms with Crippen molar-refractivity contribution in [2.24, 2.45) is 11.7 Å². The fraction of sp³-hybridized carbons (Fsp3) is 0.900. The van der Waals surface area contributed by atoms with Gasteiger partial charge in [-0.1, -0.05) is 0 Å². The lowest BCUT2D eigenvalue weighted by molar-refractivity contribution is 0.0286. The van der Waals surface area contributed by atoms with E-state index < -0.39 is 9.84 Å². The fourth-order valence-electron chi connectivity index (χ4n) is 2.41. The second-order valence-corrected chi connectivity index (χ2v) is 6.96. The zero-order valence-corrected chi connectivity index (χ0v) is 10.5. The van der Waals surface area contributed by atoms with Crippen LogP contribution >= 0.6 is 0 Å². The quantitative estimate of drug-likeness (QED) is 0.747. The Labute approximate surface area is 101 Å². The van der Waals surface area contributed by atoms with Gasteiger partial charge in [-0.15, -0.1) is 0 Å². The molecule has 2 atom stereocenters. The third kappa shape index (κ3) is 2.90. The van der Waals surface area contributed by atoms with E-state index in [1.54, 1.807) is 4.90 Å². The lowest BCUT2D eigenvalue weighted by atomic mass is 10.0. The van der Waals surface area contributed by atoms with Crippen molar-refractivity contribution >= 4 is 15.9 Å². The number of hydrogen-bond acceptors (Lipinski definition) is 5. The maximum atomic E-state index is 11.6. The number of nitrogens with two attached hydrogens (primary N) is 1. The summed E-state index contributed by atoms with van der Waals surface area (Å²) in [5.41, 5.74) is 5.48. The molecule has 2 N–H and O–H groups in total. The molecule has 2 fully saturated rings. The third-order valence-corrected chi connectivity index (χ3v) is 5.11. The van der Waals surface area contributed by atoms with Gasteiger partial charge in [-0.25, -0.2) is 13.2 Å². The van der Waals surface area contributed by atoms with Gasteiger partial charge in [0.1, 0.15) is 0 Å². The Morgan fingerprint density at radius 3 is 2.82 bits per heavy atom. The van der Waals surface area contributed by atoms with E-state index in [-0.39, 0.29) is 29.6 Å². The first-order valence-electron chi connectivity index (χ1n) is 5.86. The third-order valence-electron chi connectivity index (χ3n) is 3.36. The van der Waals surface area contributed by atoms with Crippen LogP contribution in [-0.2, 0) is 14.6 Å². The summed E-state index contributed by atoms with van der Waals surface area (Å²) in [5.74, 6) is 0.460. The molecule has 0 radical (unpaired) electrons. The summed E-state index contributed by atoms with van der Waals surface area (Å²) in [7, 11) is -2.97. The number of amides is 1. The van der Waals surface area contributed by atoms with Crippen molar-refractivity contribution in [3.8, 4) is 0 Å². The summed E-state index contributed by atoms with van der Waals surface area (Å²) < 4.78 is 27.9. The average molecular weight is 262 g/mol. The number of hydrogen-bond donors (Lipinski definition) is 1. The molecule has 1 amide bonds. The molecule has 0 spiro atoms. The Hall–Kier alpha value is -0.820. The molecule has 0 aliphatic carbocycles. The summed E-state index contributed by atoms with van der Waals surface area (Å²) in [6.07, 6.45) is 0.927. The van der Waals surface area contributed by atoms with Gasteiger partial charge < -0.3 is 15.4 Å². The van der Waals surface area contributed by atoms with Crippen molar-refractivity contribution < 1.29 is 17.9 Å². The smallest absolute Gasteiger partial charge is 0.410 e. The molecule has 2 rings (SSSR count). The molecule has 0 saturated carbocycles. The number of carbonyl (C=O) groups excluding carboxylic acids is 1. The van der Waals surface area contributed by atoms with E-state index in [2.05, 4.69) is 0 Å². The van der Waals surface area contributed by atoms with Gasteiger partial charge in [0.15, 0.2) is 9.84 Å². The molecule has 6 nitrogen and oxygen atoms in total. The molecule has 2 unspecified atom stereocenters. The zero-order valence-electron chi connectivity index (χ0n) is 9.67. The molecule has 0 aromatic heterocycles. The van der Waals surface area contributed by atoms with Gasteiger partial charge in [0.05, 0.1) is 18.1 Å². The fourth-order valence-corrected chi connectivity index (χ4v) is 4.14. The number of ether oxygens (including phenoxy) is 1. The molecule has 17 heavy (non-hydrogen) atoms. The van der Waals surface area contributed by atoms with E-state index in [4.69, 9.17) is 10.5 Å². The predicted molar refractivity (Wildman–Crippen MR) is 62.3 cm³/mol. The molecule has 98 valence electrons. The molecule has 0 aromatic rings. The van der Waals surface area contributed by atoms with Crippen LogP contribution in [0.5, 0.6) is 0 Å². The summed E-state index contributed by atoms with van der Waals surface area (Å²) in [6.45, 7) is 1.52. The second kappa shape index (κ2) is 4.81. The highest BCUT2D eigenvalue weighted by Gasteiger charge is 2.38. The first-order valence-corrected chi connectivity index (χ1v) is 7.68. The minimum absolute atomic E-state index is 0.0669. The summed E-state index contributed by atoms with van der Waals surface area (Å²) in [4.78, 5) is 13.2. The van der Waals surface area contributed by atoms with Crippen molar-refractivity contribution in [2.75, 3.05) is 31.2 Å². The van der Waals surface area contributed by atoms with E-state index in [0.717, 1.165) is 6.42 Å². The maximum absolute atomic E-state index is 11.6. The molecule has 2 aliphatic rings. The second-order valence-electron chi connectivity index (χ2n) is 4.73. The monoisotopic (exact) mass is 262 g/mol. The topological polar surface area (TPSA) is 89.7 Å². The maximum Gasteiger partial charge on any atom is 0.410 e. The number of sulfone groups is 1. The number of carbonyl (C=O) groups is 1. The van der Waals surface area contributed by atoms with E-state index in [0.29, 0.717) is 26.1 Å². The van der Waals surface area contributed by atoms with Crippen LogP contribution < -0.4 is 5.73 Å². The normalized spacial score (nSPS) is 32.5. The zero-order chi connectivity index (χ0) is 12.5. The van der Waals surface area contributed by atoms with Crippen LogP contribution in [-0.4, -0.2) is 56.7 Å². The van der Waals surface area contributed by atoms with Crippen LogP contribution in [0.2, 0.25) is 0 Å². The Morgan fingerprint density at radius 1 is 1.47 bits per heavy atom. The Kier molecular flexibility index (Phi) is 3.58. The highest BCUT2D eigenvalue weighted by Crippen LogP contribution is 2.23. The summed E-state index contributed by atoms with van der Waals surface area (Å²) >= 11 is 0. The minimum Gasteiger partial charge on any atom is -0.449 e. The Morgan fingerprint density at radius 2 is 2.24 bits per heavy atom. The Balaban J connectivity index is 2.01. The van der Waals surface area contributed by atoms with Crippen LogP contribution in [0.4, 0.5) is 4.79 Å². The van der Waals surface area contributed by atoms with Gasteiger partial charge in [-0.3, -0.25) is 0 Å². The van der Waals surface area contributed by atoms with Gasteiger partial charge >= 0.3 is 6.09 Å². The van der Waals surface area contributed by atoms with Crippen LogP contribution in [0.3, 0.4) is 0 Å². The molecule has 2 aliphatic heterocycles. The minimum atomic E-state index is -2.97. The van der Waals surface area contributed by atoms with Crippen LogP contribution in [0.25, 0.3) is 0 Å². The molecule has 7 heteroatoms. The average Bonchev–Trinajstić information content (AvgIpc) is 2.62. The highest BCUT2D eigenvalue weighted by atomic mass is 32.2. The number of rotatable bonds is 3.